The zero-order chi connectivity index (χ0) is 20.5. The van der Waals surface area contributed by atoms with Crippen molar-refractivity contribution in [3.8, 4) is 0 Å². The number of rotatable bonds is 8. The van der Waals surface area contributed by atoms with Crippen LogP contribution in [-0.4, -0.2) is 61.2 Å². The summed E-state index contributed by atoms with van der Waals surface area (Å²) in [6, 6.07) is 9.14. The molecule has 6 nitrogen and oxygen atoms in total. The number of hydrogen-bond acceptors (Lipinski definition) is 3. The molecule has 2 N–H and O–H groups in total. The van der Waals surface area contributed by atoms with Gasteiger partial charge in [0.15, 0.2) is 5.96 Å². The molecule has 1 aromatic carbocycles. The summed E-state index contributed by atoms with van der Waals surface area (Å²) < 4.78 is 16.0. The predicted octanol–water partition coefficient (Wildman–Crippen LogP) is 3.05. The van der Waals surface area contributed by atoms with Gasteiger partial charge in [-0.15, -0.1) is 24.0 Å². The molecule has 0 bridgehead atoms. The average Bonchev–Trinajstić information content (AvgIpc) is 3.15. The quantitative estimate of drug-likeness (QED) is 0.240. The highest BCUT2D eigenvalue weighted by Gasteiger charge is 2.18. The number of para-hydroxylation sites is 1. The van der Waals surface area contributed by atoms with Crippen LogP contribution in [-0.2, 0) is 13.6 Å². The van der Waals surface area contributed by atoms with Gasteiger partial charge >= 0.3 is 0 Å². The maximum atomic E-state index is 13.9. The Balaban J connectivity index is 0.00000320. The van der Waals surface area contributed by atoms with Crippen LogP contribution in [0.4, 0.5) is 10.1 Å². The van der Waals surface area contributed by atoms with E-state index in [2.05, 4.69) is 44.6 Å². The van der Waals surface area contributed by atoms with E-state index >= 15 is 0 Å². The van der Waals surface area contributed by atoms with Crippen molar-refractivity contribution >= 4 is 35.6 Å². The molecular formula is C22H34FIN6. The van der Waals surface area contributed by atoms with Crippen LogP contribution in [0.15, 0.2) is 47.7 Å². The summed E-state index contributed by atoms with van der Waals surface area (Å²) in [5, 5.41) is 6.73. The van der Waals surface area contributed by atoms with Gasteiger partial charge in [0, 0.05) is 58.7 Å². The van der Waals surface area contributed by atoms with Crippen molar-refractivity contribution in [2.75, 3.05) is 50.7 Å². The molecule has 8 heteroatoms. The van der Waals surface area contributed by atoms with Gasteiger partial charge in [0.05, 0.1) is 12.2 Å². The molecule has 0 unspecified atom stereocenters. The van der Waals surface area contributed by atoms with Gasteiger partial charge in [-0.3, -0.25) is 4.90 Å². The minimum Gasteiger partial charge on any atom is -0.367 e. The van der Waals surface area contributed by atoms with Gasteiger partial charge in [0.25, 0.3) is 0 Å². The Bertz CT molecular complexity index is 785. The van der Waals surface area contributed by atoms with Crippen LogP contribution in [0.1, 0.15) is 18.9 Å². The summed E-state index contributed by atoms with van der Waals surface area (Å²) in [6.07, 6.45) is 5.18. The van der Waals surface area contributed by atoms with E-state index in [0.717, 1.165) is 63.9 Å². The first-order chi connectivity index (χ1) is 14.2. The number of halogens is 2. The van der Waals surface area contributed by atoms with Crippen molar-refractivity contribution in [3.05, 3.63) is 54.1 Å². The molecule has 30 heavy (non-hydrogen) atoms. The zero-order valence-corrected chi connectivity index (χ0v) is 20.3. The Kier molecular flexibility index (Phi) is 10.4. The second-order valence-corrected chi connectivity index (χ2v) is 7.44. The molecule has 0 atom stereocenters. The van der Waals surface area contributed by atoms with Crippen LogP contribution in [0.5, 0.6) is 0 Å². The SMILES string of the molecule is CCNC(=NCc1ccn(C)c1)NCCCN1CCN(c2ccccc2F)CC1.I. The van der Waals surface area contributed by atoms with E-state index in [9.17, 15) is 4.39 Å². The third kappa shape index (κ3) is 7.46. The minimum absolute atomic E-state index is 0. The van der Waals surface area contributed by atoms with E-state index in [1.807, 2.05) is 29.9 Å². The van der Waals surface area contributed by atoms with Gasteiger partial charge < -0.3 is 20.1 Å². The van der Waals surface area contributed by atoms with E-state index in [1.165, 1.54) is 11.6 Å². The summed E-state index contributed by atoms with van der Waals surface area (Å²) in [4.78, 5) is 9.25. The van der Waals surface area contributed by atoms with Gasteiger partial charge in [0.2, 0.25) is 0 Å². The number of aryl methyl sites for hydroxylation is 1. The maximum Gasteiger partial charge on any atom is 0.191 e. The van der Waals surface area contributed by atoms with Gasteiger partial charge in [0.1, 0.15) is 5.82 Å². The van der Waals surface area contributed by atoms with Crippen molar-refractivity contribution in [2.24, 2.45) is 12.0 Å². The van der Waals surface area contributed by atoms with Crippen molar-refractivity contribution in [3.63, 3.8) is 0 Å². The number of guanidine groups is 1. The van der Waals surface area contributed by atoms with Gasteiger partial charge in [-0.1, -0.05) is 12.1 Å². The lowest BCUT2D eigenvalue weighted by molar-refractivity contribution is 0.254. The number of hydrogen-bond donors (Lipinski definition) is 2. The van der Waals surface area contributed by atoms with E-state index in [1.54, 1.807) is 6.07 Å². The van der Waals surface area contributed by atoms with Crippen LogP contribution in [0.25, 0.3) is 0 Å². The maximum absolute atomic E-state index is 13.9. The molecule has 0 amide bonds. The minimum atomic E-state index is -0.129. The molecule has 1 aromatic heterocycles. The van der Waals surface area contributed by atoms with Gasteiger partial charge in [-0.2, -0.15) is 0 Å². The molecule has 0 saturated carbocycles. The molecule has 1 fully saturated rings. The largest absolute Gasteiger partial charge is 0.367 e. The fourth-order valence-corrected chi connectivity index (χ4v) is 3.60. The first-order valence-electron chi connectivity index (χ1n) is 10.5. The second kappa shape index (κ2) is 12.8. The fraction of sp³-hybridized carbons (Fsp3) is 0.500. The number of nitrogens with zero attached hydrogens (tertiary/aromatic N) is 4. The van der Waals surface area contributed by atoms with E-state index < -0.39 is 0 Å². The molecule has 1 aliphatic rings. The Labute approximate surface area is 196 Å². The lowest BCUT2D eigenvalue weighted by Crippen LogP contribution is -2.47. The van der Waals surface area contributed by atoms with Crippen LogP contribution in [0.2, 0.25) is 0 Å². The Morgan fingerprint density at radius 1 is 1.10 bits per heavy atom. The highest BCUT2D eigenvalue weighted by atomic mass is 127. The van der Waals surface area contributed by atoms with Crippen LogP contribution < -0.4 is 15.5 Å². The fourth-order valence-electron chi connectivity index (χ4n) is 3.60. The molecule has 0 spiro atoms. The third-order valence-electron chi connectivity index (χ3n) is 5.17. The topological polar surface area (TPSA) is 47.8 Å². The zero-order valence-electron chi connectivity index (χ0n) is 18.0. The predicted molar refractivity (Wildman–Crippen MR) is 133 cm³/mol. The number of nitrogens with one attached hydrogen (secondary N) is 2. The summed E-state index contributed by atoms with van der Waals surface area (Å²) in [5.41, 5.74) is 1.93. The second-order valence-electron chi connectivity index (χ2n) is 7.44. The standard InChI is InChI=1S/C22H33FN6.HI/c1-3-24-22(26-17-19-9-12-27(2)18-19)25-10-6-11-28-13-15-29(16-14-28)21-8-5-4-7-20(21)23;/h4-5,7-9,12,18H,3,6,10-11,13-17H2,1-2H3,(H2,24,25,26);1H. The van der Waals surface area contributed by atoms with Crippen LogP contribution >= 0.6 is 24.0 Å². The van der Waals surface area contributed by atoms with Gasteiger partial charge in [-0.05, 0) is 43.7 Å². The van der Waals surface area contributed by atoms with E-state index in [4.69, 9.17) is 0 Å². The number of aliphatic imine (C=N–C) groups is 1. The van der Waals surface area contributed by atoms with E-state index in [0.29, 0.717) is 6.54 Å². The smallest absolute Gasteiger partial charge is 0.191 e. The number of anilines is 1. The molecule has 3 rings (SSSR count). The highest BCUT2D eigenvalue weighted by Crippen LogP contribution is 2.20. The monoisotopic (exact) mass is 528 g/mol. The van der Waals surface area contributed by atoms with Gasteiger partial charge in [-0.25, -0.2) is 9.38 Å². The molecule has 1 saturated heterocycles. The molecule has 1 aliphatic heterocycles. The summed E-state index contributed by atoms with van der Waals surface area (Å²) >= 11 is 0. The number of piperazine rings is 1. The average molecular weight is 528 g/mol. The first kappa shape index (κ1) is 24.5. The summed E-state index contributed by atoms with van der Waals surface area (Å²) in [6.45, 7) is 9.20. The normalized spacial score (nSPS) is 15.0. The Hall–Kier alpha value is -1.81. The molecule has 0 aliphatic carbocycles. The Morgan fingerprint density at radius 3 is 2.53 bits per heavy atom. The summed E-state index contributed by atoms with van der Waals surface area (Å²) in [5.74, 6) is 0.733. The Morgan fingerprint density at radius 2 is 1.87 bits per heavy atom. The highest BCUT2D eigenvalue weighted by molar-refractivity contribution is 14.0. The van der Waals surface area contributed by atoms with E-state index in [-0.39, 0.29) is 29.8 Å². The first-order valence-corrected chi connectivity index (χ1v) is 10.5. The molecular weight excluding hydrogens is 494 g/mol. The molecule has 2 aromatic rings. The lowest BCUT2D eigenvalue weighted by Gasteiger charge is -2.36. The van der Waals surface area contributed by atoms with Crippen molar-refractivity contribution in [2.45, 2.75) is 19.9 Å². The molecule has 2 heterocycles. The van der Waals surface area contributed by atoms with Crippen molar-refractivity contribution in [1.82, 2.24) is 20.1 Å². The van der Waals surface area contributed by atoms with Crippen molar-refractivity contribution < 1.29 is 4.39 Å². The lowest BCUT2D eigenvalue weighted by atomic mass is 10.2. The number of aromatic nitrogens is 1. The number of benzene rings is 1. The third-order valence-corrected chi connectivity index (χ3v) is 5.17. The van der Waals surface area contributed by atoms with Crippen LogP contribution in [0.3, 0.4) is 0 Å². The van der Waals surface area contributed by atoms with Crippen LogP contribution in [0, 0.1) is 5.82 Å². The summed E-state index contributed by atoms with van der Waals surface area (Å²) in [7, 11) is 2.02. The molecule has 166 valence electrons. The molecule has 0 radical (unpaired) electrons. The van der Waals surface area contributed by atoms with Crippen molar-refractivity contribution in [1.29, 1.82) is 0 Å².